The Labute approximate surface area is 128 Å². The standard InChI is InChI=1S/C15H11Br2N2/c16-12-1-5-14(6-2-12)18-9-10-19(11-18)15-7-3-13(17)4-8-15/h1-11H/q+1. The summed E-state index contributed by atoms with van der Waals surface area (Å²) in [5, 5.41) is 0. The number of imidazole rings is 1. The van der Waals surface area contributed by atoms with Crippen LogP contribution in [0, 0.1) is 0 Å². The molecule has 0 aliphatic carbocycles. The second-order valence-electron chi connectivity index (χ2n) is 4.18. The molecule has 1 heterocycles. The van der Waals surface area contributed by atoms with Crippen LogP contribution in [-0.4, -0.2) is 4.57 Å². The van der Waals surface area contributed by atoms with Crippen LogP contribution in [0.5, 0.6) is 0 Å². The molecule has 0 unspecified atom stereocenters. The van der Waals surface area contributed by atoms with E-state index in [4.69, 9.17) is 0 Å². The van der Waals surface area contributed by atoms with Gasteiger partial charge in [0.2, 0.25) is 0 Å². The topological polar surface area (TPSA) is 8.81 Å². The van der Waals surface area contributed by atoms with Crippen LogP contribution in [0.2, 0.25) is 0 Å². The highest BCUT2D eigenvalue weighted by molar-refractivity contribution is 9.10. The predicted molar refractivity (Wildman–Crippen MR) is 82.7 cm³/mol. The van der Waals surface area contributed by atoms with Crippen molar-refractivity contribution in [2.45, 2.75) is 0 Å². The first-order valence-electron chi connectivity index (χ1n) is 5.83. The van der Waals surface area contributed by atoms with Crippen LogP contribution in [0.25, 0.3) is 11.4 Å². The van der Waals surface area contributed by atoms with Gasteiger partial charge in [0.15, 0.2) is 0 Å². The average Bonchev–Trinajstić information content (AvgIpc) is 2.90. The van der Waals surface area contributed by atoms with Gasteiger partial charge in [-0.25, -0.2) is 9.13 Å². The van der Waals surface area contributed by atoms with Gasteiger partial charge in [-0.15, -0.1) is 0 Å². The highest BCUT2D eigenvalue weighted by atomic mass is 79.9. The maximum Gasteiger partial charge on any atom is 0.254 e. The van der Waals surface area contributed by atoms with Crippen LogP contribution < -0.4 is 4.57 Å². The lowest BCUT2D eigenvalue weighted by Crippen LogP contribution is -2.27. The summed E-state index contributed by atoms with van der Waals surface area (Å²) in [5.74, 6) is 0. The summed E-state index contributed by atoms with van der Waals surface area (Å²) in [6.07, 6.45) is 6.16. The van der Waals surface area contributed by atoms with E-state index in [0.29, 0.717) is 0 Å². The van der Waals surface area contributed by atoms with Crippen molar-refractivity contribution in [1.82, 2.24) is 4.57 Å². The Bertz CT molecular complexity index is 625. The summed E-state index contributed by atoms with van der Waals surface area (Å²) < 4.78 is 6.36. The monoisotopic (exact) mass is 377 g/mol. The van der Waals surface area contributed by atoms with Crippen molar-refractivity contribution in [3.63, 3.8) is 0 Å². The first-order valence-corrected chi connectivity index (χ1v) is 7.42. The molecule has 0 radical (unpaired) electrons. The van der Waals surface area contributed by atoms with Gasteiger partial charge in [0, 0.05) is 8.95 Å². The fourth-order valence-electron chi connectivity index (χ4n) is 1.89. The van der Waals surface area contributed by atoms with E-state index in [1.165, 1.54) is 0 Å². The van der Waals surface area contributed by atoms with Crippen molar-refractivity contribution in [2.24, 2.45) is 0 Å². The number of halogens is 2. The lowest BCUT2D eigenvalue weighted by molar-refractivity contribution is -0.594. The third kappa shape index (κ3) is 2.80. The van der Waals surface area contributed by atoms with E-state index in [1.807, 2.05) is 36.7 Å². The zero-order valence-corrected chi connectivity index (χ0v) is 13.2. The normalized spacial score (nSPS) is 10.6. The predicted octanol–water partition coefficient (Wildman–Crippen LogP) is 4.28. The average molecular weight is 379 g/mol. The zero-order chi connectivity index (χ0) is 13.2. The molecular weight excluding hydrogens is 368 g/mol. The second kappa shape index (κ2) is 5.31. The molecule has 3 aromatic rings. The Morgan fingerprint density at radius 1 is 0.789 bits per heavy atom. The number of nitrogens with zero attached hydrogens (tertiary/aromatic N) is 2. The molecule has 0 saturated heterocycles. The summed E-state index contributed by atoms with van der Waals surface area (Å²) in [6.45, 7) is 0. The van der Waals surface area contributed by atoms with E-state index in [1.54, 1.807) is 0 Å². The lowest BCUT2D eigenvalue weighted by atomic mass is 10.3. The van der Waals surface area contributed by atoms with E-state index in [-0.39, 0.29) is 0 Å². The van der Waals surface area contributed by atoms with E-state index >= 15 is 0 Å². The molecule has 3 rings (SSSR count). The fourth-order valence-corrected chi connectivity index (χ4v) is 2.42. The third-order valence-corrected chi connectivity index (χ3v) is 3.94. The quantitative estimate of drug-likeness (QED) is 0.588. The van der Waals surface area contributed by atoms with Gasteiger partial charge >= 0.3 is 0 Å². The van der Waals surface area contributed by atoms with Crippen LogP contribution in [-0.2, 0) is 0 Å². The third-order valence-electron chi connectivity index (χ3n) is 2.89. The molecule has 94 valence electrons. The molecule has 1 aromatic heterocycles. The summed E-state index contributed by atoms with van der Waals surface area (Å²) >= 11 is 6.90. The lowest BCUT2D eigenvalue weighted by Gasteiger charge is -1.97. The molecule has 0 saturated carbocycles. The van der Waals surface area contributed by atoms with Crippen LogP contribution in [0.15, 0.2) is 76.2 Å². The molecule has 0 N–H and O–H groups in total. The zero-order valence-electron chi connectivity index (χ0n) is 10.0. The number of hydrogen-bond acceptors (Lipinski definition) is 0. The number of benzene rings is 2. The van der Waals surface area contributed by atoms with Gasteiger partial charge < -0.3 is 0 Å². The highest BCUT2D eigenvalue weighted by Gasteiger charge is 2.08. The van der Waals surface area contributed by atoms with Gasteiger partial charge in [0.25, 0.3) is 6.33 Å². The molecule has 4 heteroatoms. The largest absolute Gasteiger partial charge is 0.254 e. The van der Waals surface area contributed by atoms with Crippen LogP contribution in [0.3, 0.4) is 0 Å². The van der Waals surface area contributed by atoms with E-state index < -0.39 is 0 Å². The summed E-state index contributed by atoms with van der Waals surface area (Å²) in [6, 6.07) is 16.5. The Kier molecular flexibility index (Phi) is 3.53. The molecule has 0 aliphatic rings. The van der Waals surface area contributed by atoms with Crippen LogP contribution >= 0.6 is 31.9 Å². The minimum absolute atomic E-state index is 1.09. The van der Waals surface area contributed by atoms with Gasteiger partial charge in [-0.1, -0.05) is 31.9 Å². The fraction of sp³-hybridized carbons (Fsp3) is 0. The summed E-state index contributed by atoms with van der Waals surface area (Å²) in [4.78, 5) is 0. The van der Waals surface area contributed by atoms with Gasteiger partial charge in [0.1, 0.15) is 23.8 Å². The molecule has 0 fully saturated rings. The van der Waals surface area contributed by atoms with Gasteiger partial charge in [0.05, 0.1) is 0 Å². The van der Waals surface area contributed by atoms with Crippen LogP contribution in [0.1, 0.15) is 0 Å². The second-order valence-corrected chi connectivity index (χ2v) is 6.01. The minimum atomic E-state index is 1.09. The SMILES string of the molecule is Brc1ccc(-n2cc[n+](-c3ccc(Br)cc3)c2)cc1. The number of rotatable bonds is 2. The summed E-state index contributed by atoms with van der Waals surface area (Å²) in [7, 11) is 0. The number of aromatic nitrogens is 2. The Hall–Kier alpha value is -1.39. The smallest absolute Gasteiger partial charge is 0.202 e. The first-order chi connectivity index (χ1) is 9.22. The molecular formula is C15H11Br2N2+. The summed E-state index contributed by atoms with van der Waals surface area (Å²) in [5.41, 5.74) is 2.28. The highest BCUT2D eigenvalue weighted by Crippen LogP contribution is 2.14. The van der Waals surface area contributed by atoms with E-state index in [2.05, 4.69) is 71.6 Å². The van der Waals surface area contributed by atoms with Crippen molar-refractivity contribution in [2.75, 3.05) is 0 Å². The van der Waals surface area contributed by atoms with Gasteiger partial charge in [-0.2, -0.15) is 0 Å². The van der Waals surface area contributed by atoms with Gasteiger partial charge in [-0.05, 0) is 48.5 Å². The first kappa shape index (κ1) is 12.6. The van der Waals surface area contributed by atoms with E-state index in [0.717, 1.165) is 20.3 Å². The Balaban J connectivity index is 1.95. The van der Waals surface area contributed by atoms with Crippen molar-refractivity contribution >= 4 is 31.9 Å². The van der Waals surface area contributed by atoms with Gasteiger partial charge in [-0.3, -0.25) is 0 Å². The van der Waals surface area contributed by atoms with Crippen molar-refractivity contribution in [1.29, 1.82) is 0 Å². The maximum atomic E-state index is 3.45. The molecule has 19 heavy (non-hydrogen) atoms. The molecule has 0 bridgehead atoms. The molecule has 2 nitrogen and oxygen atoms in total. The van der Waals surface area contributed by atoms with Crippen molar-refractivity contribution in [3.8, 4) is 11.4 Å². The number of hydrogen-bond donors (Lipinski definition) is 0. The van der Waals surface area contributed by atoms with Crippen LogP contribution in [0.4, 0.5) is 0 Å². The Morgan fingerprint density at radius 3 is 2.00 bits per heavy atom. The minimum Gasteiger partial charge on any atom is -0.202 e. The Morgan fingerprint density at radius 2 is 1.37 bits per heavy atom. The van der Waals surface area contributed by atoms with Crippen molar-refractivity contribution in [3.05, 3.63) is 76.2 Å². The van der Waals surface area contributed by atoms with Crippen molar-refractivity contribution < 1.29 is 4.57 Å². The molecule has 0 aliphatic heterocycles. The molecule has 2 aromatic carbocycles. The molecule has 0 atom stereocenters. The maximum absolute atomic E-state index is 3.45. The van der Waals surface area contributed by atoms with E-state index in [9.17, 15) is 0 Å². The molecule has 0 amide bonds. The molecule has 0 spiro atoms.